The molecule has 10 heteroatoms. The summed E-state index contributed by atoms with van der Waals surface area (Å²) in [4.78, 5) is 50.1. The number of amides is 4. The predicted octanol–water partition coefficient (Wildman–Crippen LogP) is 2.51. The van der Waals surface area contributed by atoms with Crippen LogP contribution in [0.15, 0.2) is 42.4 Å². The van der Waals surface area contributed by atoms with Gasteiger partial charge in [0.2, 0.25) is 11.8 Å². The maximum absolute atomic E-state index is 14.9. The highest BCUT2D eigenvalue weighted by atomic mass is 35.5. The molecule has 4 amide bonds. The van der Waals surface area contributed by atoms with Crippen molar-refractivity contribution in [2.75, 3.05) is 0 Å². The number of carbonyl (C=O) groups excluding carboxylic acids is 4. The molecular weight excluding hydrogens is 444 g/mol. The monoisotopic (exact) mass is 466 g/mol. The Morgan fingerprint density at radius 3 is 2.81 bits per heavy atom. The predicted molar refractivity (Wildman–Crippen MR) is 110 cm³/mol. The van der Waals surface area contributed by atoms with Gasteiger partial charge in [-0.25, -0.2) is 0 Å². The average molecular weight is 467 g/mol. The lowest BCUT2D eigenvalue weighted by atomic mass is 10.0. The van der Waals surface area contributed by atoms with E-state index in [9.17, 15) is 28.0 Å². The van der Waals surface area contributed by atoms with E-state index in [4.69, 9.17) is 18.5 Å². The summed E-state index contributed by atoms with van der Waals surface area (Å²) >= 11 is 5.64. The Hall–Kier alpha value is -3.33. The summed E-state index contributed by atoms with van der Waals surface area (Å²) < 4.78 is 69.1. The number of hydrogen-bond acceptors (Lipinski definition) is 4. The fourth-order valence-corrected chi connectivity index (χ4v) is 3.58. The number of benzene rings is 2. The number of rotatable bonds is 5. The number of alkyl halides is 2. The summed E-state index contributed by atoms with van der Waals surface area (Å²) in [6, 6.07) is 0.513. The molecule has 0 radical (unpaired) electrons. The van der Waals surface area contributed by atoms with E-state index in [-0.39, 0.29) is 30.5 Å². The summed E-state index contributed by atoms with van der Waals surface area (Å²) in [5.74, 6) is -8.20. The van der Waals surface area contributed by atoms with Crippen molar-refractivity contribution < 1.29 is 34.8 Å². The van der Waals surface area contributed by atoms with Crippen LogP contribution >= 0.6 is 11.6 Å². The molecule has 0 saturated carbocycles. The van der Waals surface area contributed by atoms with E-state index in [2.05, 4.69) is 5.32 Å². The van der Waals surface area contributed by atoms with Gasteiger partial charge in [-0.15, -0.1) is 0 Å². The Bertz CT molecular complexity index is 1370. The van der Waals surface area contributed by atoms with Gasteiger partial charge in [0.25, 0.3) is 11.8 Å². The summed E-state index contributed by atoms with van der Waals surface area (Å²) in [6.45, 7) is -2.96. The first kappa shape index (κ1) is 16.3. The molecule has 0 aromatic heterocycles. The Morgan fingerprint density at radius 2 is 2.06 bits per heavy atom. The molecular formula is C22H18ClF2N3O4. The Kier molecular flexibility index (Phi) is 4.24. The minimum absolute atomic E-state index is 0.0433. The van der Waals surface area contributed by atoms with Crippen LogP contribution in [0.25, 0.3) is 0 Å². The van der Waals surface area contributed by atoms with E-state index >= 15 is 0 Å². The van der Waals surface area contributed by atoms with Crippen LogP contribution in [-0.4, -0.2) is 34.6 Å². The number of carbonyl (C=O) groups is 4. The van der Waals surface area contributed by atoms with Gasteiger partial charge in [0, 0.05) is 35.6 Å². The molecule has 0 spiro atoms. The minimum atomic E-state index is -4.48. The van der Waals surface area contributed by atoms with Crippen molar-refractivity contribution in [2.24, 2.45) is 0 Å². The molecule has 2 aromatic carbocycles. The topological polar surface area (TPSA) is 95.6 Å². The van der Waals surface area contributed by atoms with Crippen LogP contribution in [0.1, 0.15) is 46.7 Å². The van der Waals surface area contributed by atoms with Gasteiger partial charge in [-0.2, -0.15) is 8.78 Å². The van der Waals surface area contributed by atoms with Crippen LogP contribution in [0, 0.1) is 0 Å². The van der Waals surface area contributed by atoms with E-state index in [1.54, 1.807) is 5.32 Å². The molecule has 166 valence electrons. The lowest BCUT2D eigenvalue weighted by Gasteiger charge is -2.29. The fraction of sp³-hybridized carbons (Fsp3) is 0.273. The molecule has 1 fully saturated rings. The SMILES string of the molecule is [2H]c1cc(C(F)(F)C(=O)NC([2H])([2H])c2ccc3c(c2)CN(C2CCC(=O)NC2=O)C3=O)c([2H])c([2H])c1Cl. The third kappa shape index (κ3) is 4.08. The number of nitrogens with one attached hydrogen (secondary N) is 2. The number of hydrogen-bond donors (Lipinski definition) is 2. The van der Waals surface area contributed by atoms with Crippen molar-refractivity contribution in [2.45, 2.75) is 37.8 Å². The number of fused-ring (bicyclic) bond motifs is 1. The molecule has 2 aliphatic heterocycles. The average Bonchev–Trinajstić information content (AvgIpc) is 3.15. The molecule has 4 rings (SSSR count). The van der Waals surface area contributed by atoms with Crippen molar-refractivity contribution in [3.05, 3.63) is 69.7 Å². The van der Waals surface area contributed by atoms with Gasteiger partial charge in [-0.05, 0) is 35.7 Å². The van der Waals surface area contributed by atoms with Gasteiger partial charge >= 0.3 is 5.92 Å². The number of halogens is 3. The largest absolute Gasteiger partial charge is 0.349 e. The quantitative estimate of drug-likeness (QED) is 0.662. The second-order valence-corrected chi connectivity index (χ2v) is 7.57. The smallest absolute Gasteiger partial charge is 0.346 e. The molecule has 2 heterocycles. The molecule has 2 aliphatic rings. The number of piperidine rings is 1. The molecule has 0 bridgehead atoms. The lowest BCUT2D eigenvalue weighted by molar-refractivity contribution is -0.147. The highest BCUT2D eigenvalue weighted by molar-refractivity contribution is 6.30. The van der Waals surface area contributed by atoms with Crippen molar-refractivity contribution in [3.63, 3.8) is 0 Å². The zero-order valence-electron chi connectivity index (χ0n) is 21.2. The molecule has 1 atom stereocenters. The maximum atomic E-state index is 14.9. The second-order valence-electron chi connectivity index (χ2n) is 7.19. The highest BCUT2D eigenvalue weighted by Crippen LogP contribution is 2.30. The third-order valence-corrected chi connectivity index (χ3v) is 5.32. The number of imide groups is 1. The second kappa shape index (κ2) is 8.31. The summed E-state index contributed by atoms with van der Waals surface area (Å²) in [7, 11) is 0. The van der Waals surface area contributed by atoms with Crippen molar-refractivity contribution in [3.8, 4) is 0 Å². The third-order valence-electron chi connectivity index (χ3n) is 5.12. The Balaban J connectivity index is 1.57. The summed E-state index contributed by atoms with van der Waals surface area (Å²) in [5.41, 5.74) is -1.09. The normalized spacial score (nSPS) is 21.1. The molecule has 2 N–H and O–H groups in total. The van der Waals surface area contributed by atoms with Crippen LogP contribution in [0.2, 0.25) is 5.02 Å². The van der Waals surface area contributed by atoms with Gasteiger partial charge in [0.1, 0.15) is 6.04 Å². The first-order valence-electron chi connectivity index (χ1n) is 11.9. The van der Waals surface area contributed by atoms with Crippen LogP contribution < -0.4 is 10.6 Å². The van der Waals surface area contributed by atoms with E-state index in [0.717, 1.165) is 6.07 Å². The molecule has 1 saturated heterocycles. The molecule has 1 unspecified atom stereocenters. The first-order valence-corrected chi connectivity index (χ1v) is 9.78. The van der Waals surface area contributed by atoms with Crippen LogP contribution in [-0.2, 0) is 33.3 Å². The van der Waals surface area contributed by atoms with Gasteiger partial charge in [0.15, 0.2) is 0 Å². The summed E-state index contributed by atoms with van der Waals surface area (Å²) in [6.07, 6.45) is 0.160. The van der Waals surface area contributed by atoms with Crippen LogP contribution in [0.3, 0.4) is 0 Å². The minimum Gasteiger partial charge on any atom is -0.346 e. The van der Waals surface area contributed by atoms with Gasteiger partial charge in [-0.1, -0.05) is 35.8 Å². The number of nitrogens with zero attached hydrogens (tertiary/aromatic N) is 1. The van der Waals surface area contributed by atoms with E-state index in [0.29, 0.717) is 11.6 Å². The maximum Gasteiger partial charge on any atom is 0.349 e. The van der Waals surface area contributed by atoms with E-state index in [1.165, 1.54) is 17.0 Å². The van der Waals surface area contributed by atoms with Crippen LogP contribution in [0.4, 0.5) is 8.78 Å². The van der Waals surface area contributed by atoms with E-state index < -0.39 is 70.8 Å². The molecule has 2 aromatic rings. The van der Waals surface area contributed by atoms with Gasteiger partial charge in [0.05, 0.1) is 6.85 Å². The molecule has 0 aliphatic carbocycles. The van der Waals surface area contributed by atoms with Crippen molar-refractivity contribution in [1.29, 1.82) is 0 Å². The summed E-state index contributed by atoms with van der Waals surface area (Å²) in [5, 5.41) is 3.20. The molecule has 7 nitrogen and oxygen atoms in total. The Labute approximate surface area is 193 Å². The van der Waals surface area contributed by atoms with Gasteiger partial charge in [-0.3, -0.25) is 24.5 Å². The highest BCUT2D eigenvalue weighted by Gasteiger charge is 2.41. The van der Waals surface area contributed by atoms with Crippen molar-refractivity contribution >= 4 is 35.2 Å². The zero-order valence-corrected chi connectivity index (χ0v) is 17.0. The zero-order chi connectivity index (χ0) is 27.4. The standard InChI is InChI=1S/C22H18ClF2N3O4/c23-15-4-2-14(3-5-15)22(24,25)21(32)26-10-12-1-6-16-13(9-12)11-28(20(16)31)17-7-8-18(29)27-19(17)30/h1-6,9,17H,7-8,10-11H2,(H,26,32)(H,27,29,30)/i2D,4D,5D,10D2. The fourth-order valence-electron chi connectivity index (χ4n) is 3.48. The molecule has 32 heavy (non-hydrogen) atoms. The Morgan fingerprint density at radius 1 is 1.28 bits per heavy atom. The first-order chi connectivity index (χ1) is 17.1. The van der Waals surface area contributed by atoms with E-state index in [1.807, 2.05) is 0 Å². The van der Waals surface area contributed by atoms with Crippen molar-refractivity contribution in [1.82, 2.24) is 15.5 Å². The van der Waals surface area contributed by atoms with Crippen LogP contribution in [0.5, 0.6) is 0 Å². The van der Waals surface area contributed by atoms with Gasteiger partial charge < -0.3 is 10.2 Å². The lowest BCUT2D eigenvalue weighted by Crippen LogP contribution is -2.52.